The highest BCUT2D eigenvalue weighted by Crippen LogP contribution is 2.18. The predicted octanol–water partition coefficient (Wildman–Crippen LogP) is 1.89. The maximum atomic E-state index is 12.1. The SMILES string of the molecule is O=Cc1cc(C(F)F)c(=O)[nH]c1Br. The standard InChI is InChI=1S/C7H4BrF2NO2/c8-5-3(2-12)1-4(6(9)10)7(13)11-5/h1-2,6H,(H,11,13). The number of rotatable bonds is 2. The summed E-state index contributed by atoms with van der Waals surface area (Å²) < 4.78 is 24.4. The van der Waals surface area contributed by atoms with Crippen molar-refractivity contribution < 1.29 is 13.6 Å². The van der Waals surface area contributed by atoms with Crippen molar-refractivity contribution in [3.8, 4) is 0 Å². The first-order chi connectivity index (χ1) is 6.06. The van der Waals surface area contributed by atoms with E-state index in [1.54, 1.807) is 0 Å². The lowest BCUT2D eigenvalue weighted by Gasteiger charge is -2.00. The number of pyridine rings is 1. The summed E-state index contributed by atoms with van der Waals surface area (Å²) in [5.41, 5.74) is -1.60. The number of carbonyl (C=O) groups excluding carboxylic acids is 1. The van der Waals surface area contributed by atoms with Gasteiger partial charge in [0.15, 0.2) is 6.29 Å². The minimum absolute atomic E-state index is 0.00472. The van der Waals surface area contributed by atoms with Gasteiger partial charge < -0.3 is 4.98 Å². The topological polar surface area (TPSA) is 49.9 Å². The van der Waals surface area contributed by atoms with Crippen LogP contribution in [-0.4, -0.2) is 11.3 Å². The Hall–Kier alpha value is -1.04. The lowest BCUT2D eigenvalue weighted by Crippen LogP contribution is -2.14. The van der Waals surface area contributed by atoms with Gasteiger partial charge in [-0.25, -0.2) is 8.78 Å². The van der Waals surface area contributed by atoms with Gasteiger partial charge in [-0.3, -0.25) is 9.59 Å². The second-order valence-electron chi connectivity index (χ2n) is 2.24. The number of aldehydes is 1. The van der Waals surface area contributed by atoms with Crippen molar-refractivity contribution >= 4 is 22.2 Å². The predicted molar refractivity (Wildman–Crippen MR) is 45.1 cm³/mol. The van der Waals surface area contributed by atoms with Gasteiger partial charge in [0, 0.05) is 5.56 Å². The van der Waals surface area contributed by atoms with Gasteiger partial charge >= 0.3 is 0 Å². The molecule has 1 rings (SSSR count). The van der Waals surface area contributed by atoms with Crippen LogP contribution in [0, 0.1) is 0 Å². The minimum Gasteiger partial charge on any atom is -0.316 e. The molecule has 0 aliphatic carbocycles. The lowest BCUT2D eigenvalue weighted by atomic mass is 10.2. The van der Waals surface area contributed by atoms with Crippen molar-refractivity contribution in [1.82, 2.24) is 4.98 Å². The average Bonchev–Trinajstić information content (AvgIpc) is 2.03. The molecule has 0 amide bonds. The van der Waals surface area contributed by atoms with E-state index in [1.807, 2.05) is 0 Å². The average molecular weight is 252 g/mol. The molecular formula is C7H4BrF2NO2. The highest BCUT2D eigenvalue weighted by Gasteiger charge is 2.14. The normalized spacial score (nSPS) is 10.5. The zero-order valence-corrected chi connectivity index (χ0v) is 7.77. The number of carbonyl (C=O) groups is 1. The van der Waals surface area contributed by atoms with Gasteiger partial charge in [0.2, 0.25) is 0 Å². The summed E-state index contributed by atoms with van der Waals surface area (Å²) in [6.07, 6.45) is -2.50. The molecule has 0 fully saturated rings. The molecule has 1 aromatic heterocycles. The van der Waals surface area contributed by atoms with E-state index in [0.717, 1.165) is 6.07 Å². The molecule has 1 N–H and O–H groups in total. The molecule has 0 saturated heterocycles. The van der Waals surface area contributed by atoms with Crippen LogP contribution in [-0.2, 0) is 0 Å². The summed E-state index contributed by atoms with van der Waals surface area (Å²) in [6, 6.07) is 0.862. The van der Waals surface area contributed by atoms with Crippen LogP contribution >= 0.6 is 15.9 Å². The molecule has 0 unspecified atom stereocenters. The third kappa shape index (κ3) is 2.00. The Labute approximate surface area is 79.9 Å². The molecule has 0 spiro atoms. The number of H-pyrrole nitrogens is 1. The molecule has 13 heavy (non-hydrogen) atoms. The zero-order valence-electron chi connectivity index (χ0n) is 6.18. The van der Waals surface area contributed by atoms with Gasteiger partial charge in [0.05, 0.1) is 10.2 Å². The molecular weight excluding hydrogens is 248 g/mol. The van der Waals surface area contributed by atoms with Crippen molar-refractivity contribution in [3.05, 3.63) is 32.2 Å². The number of hydrogen-bond donors (Lipinski definition) is 1. The molecule has 6 heteroatoms. The number of aromatic nitrogens is 1. The van der Waals surface area contributed by atoms with Crippen molar-refractivity contribution in [2.75, 3.05) is 0 Å². The number of nitrogens with one attached hydrogen (secondary N) is 1. The van der Waals surface area contributed by atoms with Gasteiger partial charge in [0.25, 0.3) is 12.0 Å². The molecule has 1 aromatic rings. The van der Waals surface area contributed by atoms with E-state index >= 15 is 0 Å². The van der Waals surface area contributed by atoms with Crippen LogP contribution in [0.1, 0.15) is 22.3 Å². The summed E-state index contributed by atoms with van der Waals surface area (Å²) in [5, 5.41) is 0. The second-order valence-corrected chi connectivity index (χ2v) is 3.03. The molecule has 1 heterocycles. The van der Waals surface area contributed by atoms with E-state index in [1.165, 1.54) is 0 Å². The lowest BCUT2D eigenvalue weighted by molar-refractivity contribution is 0.112. The number of halogens is 3. The zero-order chi connectivity index (χ0) is 10.0. The Balaban J connectivity index is 3.39. The van der Waals surface area contributed by atoms with E-state index < -0.39 is 17.5 Å². The van der Waals surface area contributed by atoms with E-state index in [4.69, 9.17) is 0 Å². The van der Waals surface area contributed by atoms with Crippen LogP contribution in [0.25, 0.3) is 0 Å². The van der Waals surface area contributed by atoms with Gasteiger partial charge in [-0.15, -0.1) is 0 Å². The quantitative estimate of drug-likeness (QED) is 0.645. The summed E-state index contributed by atoms with van der Waals surface area (Å²) >= 11 is 2.86. The minimum atomic E-state index is -2.88. The second kappa shape index (κ2) is 3.78. The Bertz CT molecular complexity index is 389. The monoisotopic (exact) mass is 251 g/mol. The molecule has 0 aliphatic heterocycles. The summed E-state index contributed by atoms with van der Waals surface area (Å²) in [4.78, 5) is 23.3. The summed E-state index contributed by atoms with van der Waals surface area (Å²) in [5.74, 6) is 0. The number of hydrogen-bond acceptors (Lipinski definition) is 2. The van der Waals surface area contributed by atoms with Crippen molar-refractivity contribution in [1.29, 1.82) is 0 Å². The first-order valence-corrected chi connectivity index (χ1v) is 4.01. The Morgan fingerprint density at radius 1 is 1.54 bits per heavy atom. The molecule has 0 radical (unpaired) electrons. The van der Waals surface area contributed by atoms with E-state index in [0.29, 0.717) is 6.29 Å². The fraction of sp³-hybridized carbons (Fsp3) is 0.143. The van der Waals surface area contributed by atoms with Gasteiger partial charge in [-0.1, -0.05) is 0 Å². The molecule has 0 bridgehead atoms. The molecule has 0 saturated carbocycles. The number of aromatic amines is 1. The van der Waals surface area contributed by atoms with E-state index in [2.05, 4.69) is 20.9 Å². The van der Waals surface area contributed by atoms with Crippen LogP contribution in [0.15, 0.2) is 15.5 Å². The smallest absolute Gasteiger partial charge is 0.269 e. The summed E-state index contributed by atoms with van der Waals surface area (Å²) in [6.45, 7) is 0. The van der Waals surface area contributed by atoms with Crippen LogP contribution in [0.2, 0.25) is 0 Å². The molecule has 0 aliphatic rings. The molecule has 0 aromatic carbocycles. The van der Waals surface area contributed by atoms with E-state index in [9.17, 15) is 18.4 Å². The maximum absolute atomic E-state index is 12.1. The van der Waals surface area contributed by atoms with Crippen molar-refractivity contribution in [2.24, 2.45) is 0 Å². The first kappa shape index (κ1) is 10.0. The van der Waals surface area contributed by atoms with Crippen molar-refractivity contribution in [3.63, 3.8) is 0 Å². The highest BCUT2D eigenvalue weighted by atomic mass is 79.9. The first-order valence-electron chi connectivity index (χ1n) is 3.22. The highest BCUT2D eigenvalue weighted by molar-refractivity contribution is 9.10. The third-order valence-corrected chi connectivity index (χ3v) is 2.07. The Morgan fingerprint density at radius 3 is 2.62 bits per heavy atom. The Morgan fingerprint density at radius 2 is 2.15 bits per heavy atom. The van der Waals surface area contributed by atoms with Crippen LogP contribution < -0.4 is 5.56 Å². The molecule has 70 valence electrons. The van der Waals surface area contributed by atoms with Crippen LogP contribution in [0.4, 0.5) is 8.78 Å². The van der Waals surface area contributed by atoms with Crippen LogP contribution in [0.5, 0.6) is 0 Å². The van der Waals surface area contributed by atoms with Gasteiger partial charge in [-0.05, 0) is 22.0 Å². The van der Waals surface area contributed by atoms with Crippen LogP contribution in [0.3, 0.4) is 0 Å². The fourth-order valence-electron chi connectivity index (χ4n) is 0.788. The number of alkyl halides is 2. The van der Waals surface area contributed by atoms with Gasteiger partial charge in [-0.2, -0.15) is 0 Å². The van der Waals surface area contributed by atoms with Crippen molar-refractivity contribution in [2.45, 2.75) is 6.43 Å². The summed E-state index contributed by atoms with van der Waals surface area (Å²) in [7, 11) is 0. The maximum Gasteiger partial charge on any atom is 0.269 e. The fourth-order valence-corrected chi connectivity index (χ4v) is 1.18. The third-order valence-electron chi connectivity index (χ3n) is 1.41. The van der Waals surface area contributed by atoms with Gasteiger partial charge in [0.1, 0.15) is 0 Å². The van der Waals surface area contributed by atoms with E-state index in [-0.39, 0.29) is 10.2 Å². The molecule has 3 nitrogen and oxygen atoms in total. The molecule has 0 atom stereocenters. The Kier molecular flexibility index (Phi) is 2.92. The largest absolute Gasteiger partial charge is 0.316 e.